The lowest BCUT2D eigenvalue weighted by Gasteiger charge is -2.33. The van der Waals surface area contributed by atoms with Crippen molar-refractivity contribution in [3.05, 3.63) is 0 Å². The number of nitrogens with one attached hydrogen (secondary N) is 1. The minimum absolute atomic E-state index is 0.0748. The van der Waals surface area contributed by atoms with Crippen LogP contribution in [0.15, 0.2) is 0 Å². The Balaban J connectivity index is 3.96. The van der Waals surface area contributed by atoms with E-state index in [0.717, 1.165) is 6.54 Å². The molecule has 0 heterocycles. The molecule has 1 atom stereocenters. The number of hydrogen-bond donors (Lipinski definition) is 1. The molecule has 0 aliphatic heterocycles. The summed E-state index contributed by atoms with van der Waals surface area (Å²) in [5, 5.41) is 2.89. The maximum Gasteiger partial charge on any atom is 0.216 e. The molecule has 0 saturated carbocycles. The molecule has 0 aliphatic rings. The highest BCUT2D eigenvalue weighted by Crippen LogP contribution is 2.37. The second-order valence-electron chi connectivity index (χ2n) is 7.48. The highest BCUT2D eigenvalue weighted by Gasteiger charge is 2.25. The highest BCUT2D eigenvalue weighted by molar-refractivity contribution is 5.72. The third kappa shape index (κ3) is 10.3. The fourth-order valence-corrected chi connectivity index (χ4v) is 2.58. The van der Waals surface area contributed by atoms with Crippen LogP contribution in [0.3, 0.4) is 0 Å². The molecule has 102 valence electrons. The predicted octanol–water partition coefficient (Wildman–Crippen LogP) is 4.00. The molecular formula is C15H31NO. The first-order valence-electron chi connectivity index (χ1n) is 6.76. The van der Waals surface area contributed by atoms with E-state index in [1.54, 1.807) is 6.92 Å². The van der Waals surface area contributed by atoms with Crippen molar-refractivity contribution in [3.63, 3.8) is 0 Å². The highest BCUT2D eigenvalue weighted by atomic mass is 16.1. The molecule has 0 rings (SSSR count). The Kier molecular flexibility index (Phi) is 6.22. The van der Waals surface area contributed by atoms with Crippen LogP contribution in [0.4, 0.5) is 0 Å². The van der Waals surface area contributed by atoms with E-state index in [1.165, 1.54) is 19.3 Å². The Morgan fingerprint density at radius 3 is 2.12 bits per heavy atom. The Labute approximate surface area is 108 Å². The van der Waals surface area contributed by atoms with Crippen LogP contribution in [-0.4, -0.2) is 12.5 Å². The van der Waals surface area contributed by atoms with E-state index in [4.69, 9.17) is 0 Å². The van der Waals surface area contributed by atoms with Crippen LogP contribution in [0.5, 0.6) is 0 Å². The molecule has 0 unspecified atom stereocenters. The van der Waals surface area contributed by atoms with Crippen LogP contribution >= 0.6 is 0 Å². The topological polar surface area (TPSA) is 29.1 Å². The third-order valence-corrected chi connectivity index (χ3v) is 3.02. The van der Waals surface area contributed by atoms with Crippen molar-refractivity contribution < 1.29 is 4.79 Å². The Bertz CT molecular complexity index is 238. The van der Waals surface area contributed by atoms with Crippen molar-refractivity contribution in [2.24, 2.45) is 16.7 Å². The zero-order chi connectivity index (χ0) is 13.7. The van der Waals surface area contributed by atoms with Gasteiger partial charge in [-0.3, -0.25) is 4.79 Å². The Hall–Kier alpha value is -0.530. The van der Waals surface area contributed by atoms with Gasteiger partial charge in [-0.25, -0.2) is 0 Å². The summed E-state index contributed by atoms with van der Waals surface area (Å²) >= 11 is 0. The zero-order valence-corrected chi connectivity index (χ0v) is 12.8. The van der Waals surface area contributed by atoms with Gasteiger partial charge in [0.25, 0.3) is 0 Å². The van der Waals surface area contributed by atoms with Gasteiger partial charge in [0.1, 0.15) is 0 Å². The minimum atomic E-state index is 0.0748. The van der Waals surface area contributed by atoms with Crippen LogP contribution in [0.1, 0.15) is 67.7 Å². The average Bonchev–Trinajstić information content (AvgIpc) is 2.07. The first-order chi connectivity index (χ1) is 7.52. The lowest BCUT2D eigenvalue weighted by Crippen LogP contribution is -2.27. The summed E-state index contributed by atoms with van der Waals surface area (Å²) in [6.07, 6.45) is 3.65. The van der Waals surface area contributed by atoms with Crippen molar-refractivity contribution in [3.8, 4) is 0 Å². The van der Waals surface area contributed by atoms with Gasteiger partial charge < -0.3 is 5.32 Å². The molecule has 0 bridgehead atoms. The number of carbonyl (C=O) groups is 1. The predicted molar refractivity (Wildman–Crippen MR) is 74.9 cm³/mol. The van der Waals surface area contributed by atoms with Crippen LogP contribution in [0, 0.1) is 16.7 Å². The molecule has 0 aromatic heterocycles. The van der Waals surface area contributed by atoms with Gasteiger partial charge in [-0.15, -0.1) is 0 Å². The van der Waals surface area contributed by atoms with E-state index in [2.05, 4.69) is 46.9 Å². The van der Waals surface area contributed by atoms with Crippen LogP contribution in [0.25, 0.3) is 0 Å². The molecule has 0 fully saturated rings. The van der Waals surface area contributed by atoms with Gasteiger partial charge >= 0.3 is 0 Å². The molecule has 1 N–H and O–H groups in total. The second kappa shape index (κ2) is 6.42. The Morgan fingerprint density at radius 1 is 1.18 bits per heavy atom. The Morgan fingerprint density at radius 2 is 1.71 bits per heavy atom. The standard InChI is InChI=1S/C15H31NO/c1-12(10-16-13(2)17)8-9-15(6,7)11-14(3,4)5/h12H,8-11H2,1-7H3,(H,16,17)/t12-/m1/s1. The van der Waals surface area contributed by atoms with Gasteiger partial charge in [-0.05, 0) is 36.0 Å². The molecule has 0 saturated heterocycles. The summed E-state index contributed by atoms with van der Waals surface area (Å²) in [6.45, 7) is 16.2. The fourth-order valence-electron chi connectivity index (χ4n) is 2.58. The lowest BCUT2D eigenvalue weighted by molar-refractivity contribution is -0.119. The maximum absolute atomic E-state index is 10.8. The molecule has 0 aliphatic carbocycles. The van der Waals surface area contributed by atoms with Gasteiger partial charge in [0.05, 0.1) is 0 Å². The first kappa shape index (κ1) is 16.5. The molecule has 0 spiro atoms. The molecular weight excluding hydrogens is 210 g/mol. The fraction of sp³-hybridized carbons (Fsp3) is 0.933. The summed E-state index contributed by atoms with van der Waals surface area (Å²) in [5.41, 5.74) is 0.785. The van der Waals surface area contributed by atoms with Gasteiger partial charge in [-0.2, -0.15) is 0 Å². The second-order valence-corrected chi connectivity index (χ2v) is 7.48. The number of carbonyl (C=O) groups excluding carboxylic acids is 1. The zero-order valence-electron chi connectivity index (χ0n) is 12.8. The molecule has 0 aromatic rings. The van der Waals surface area contributed by atoms with E-state index in [0.29, 0.717) is 16.7 Å². The van der Waals surface area contributed by atoms with E-state index < -0.39 is 0 Å². The molecule has 0 radical (unpaired) electrons. The van der Waals surface area contributed by atoms with Gasteiger partial charge in [0, 0.05) is 13.5 Å². The largest absolute Gasteiger partial charge is 0.356 e. The summed E-state index contributed by atoms with van der Waals surface area (Å²) in [5.74, 6) is 0.643. The van der Waals surface area contributed by atoms with Crippen LogP contribution in [-0.2, 0) is 4.79 Å². The van der Waals surface area contributed by atoms with Gasteiger partial charge in [0.2, 0.25) is 5.91 Å². The van der Waals surface area contributed by atoms with Crippen molar-refractivity contribution in [1.82, 2.24) is 5.32 Å². The van der Waals surface area contributed by atoms with E-state index in [1.807, 2.05) is 0 Å². The quantitative estimate of drug-likeness (QED) is 0.748. The maximum atomic E-state index is 10.8. The lowest BCUT2D eigenvalue weighted by atomic mass is 9.73. The minimum Gasteiger partial charge on any atom is -0.356 e. The molecule has 0 aromatic carbocycles. The molecule has 1 amide bonds. The normalized spacial score (nSPS) is 14.5. The summed E-state index contributed by atoms with van der Waals surface area (Å²) in [6, 6.07) is 0. The first-order valence-corrected chi connectivity index (χ1v) is 6.76. The smallest absolute Gasteiger partial charge is 0.216 e. The molecule has 2 heteroatoms. The van der Waals surface area contributed by atoms with Crippen molar-refractivity contribution in [1.29, 1.82) is 0 Å². The average molecular weight is 241 g/mol. The van der Waals surface area contributed by atoms with Crippen molar-refractivity contribution in [2.75, 3.05) is 6.54 Å². The van der Waals surface area contributed by atoms with Crippen LogP contribution < -0.4 is 5.32 Å². The van der Waals surface area contributed by atoms with Crippen LogP contribution in [0.2, 0.25) is 0 Å². The van der Waals surface area contributed by atoms with E-state index >= 15 is 0 Å². The van der Waals surface area contributed by atoms with Gasteiger partial charge in [0.15, 0.2) is 0 Å². The summed E-state index contributed by atoms with van der Waals surface area (Å²) in [4.78, 5) is 10.8. The molecule has 2 nitrogen and oxygen atoms in total. The number of amides is 1. The van der Waals surface area contributed by atoms with Crippen molar-refractivity contribution in [2.45, 2.75) is 67.7 Å². The van der Waals surface area contributed by atoms with Gasteiger partial charge in [-0.1, -0.05) is 41.5 Å². The van der Waals surface area contributed by atoms with E-state index in [-0.39, 0.29) is 5.91 Å². The van der Waals surface area contributed by atoms with E-state index in [9.17, 15) is 4.79 Å². The monoisotopic (exact) mass is 241 g/mol. The summed E-state index contributed by atoms with van der Waals surface area (Å²) in [7, 11) is 0. The summed E-state index contributed by atoms with van der Waals surface area (Å²) < 4.78 is 0. The number of hydrogen-bond acceptors (Lipinski definition) is 1. The number of rotatable bonds is 6. The van der Waals surface area contributed by atoms with Crippen molar-refractivity contribution >= 4 is 5.91 Å². The third-order valence-electron chi connectivity index (χ3n) is 3.02. The molecule has 17 heavy (non-hydrogen) atoms. The SMILES string of the molecule is CC(=O)NC[C@H](C)CCC(C)(C)CC(C)(C)C.